The van der Waals surface area contributed by atoms with Gasteiger partial charge >= 0.3 is 0 Å². The number of piperazine rings is 1. The minimum atomic E-state index is -4.12. The van der Waals surface area contributed by atoms with E-state index in [1.165, 1.54) is 9.21 Å². The Labute approximate surface area is 148 Å². The molecule has 1 amide bonds. The number of sulfonamides is 1. The molecule has 1 aromatic carbocycles. The summed E-state index contributed by atoms with van der Waals surface area (Å²) in [5.74, 6) is 4.09. The number of halogens is 2. The van der Waals surface area contributed by atoms with Gasteiger partial charge in [0.2, 0.25) is 10.0 Å². The molecule has 2 fully saturated rings. The number of likely N-dealkylation sites (tertiary alicyclic amines) is 1. The van der Waals surface area contributed by atoms with E-state index in [-0.39, 0.29) is 13.1 Å². The molecule has 2 bridgehead atoms. The highest BCUT2D eigenvalue weighted by Crippen LogP contribution is 2.35. The number of nitrogens with zero attached hydrogens (tertiary/aromatic N) is 3. The fourth-order valence-electron chi connectivity index (χ4n) is 3.51. The third kappa shape index (κ3) is 3.19. The van der Waals surface area contributed by atoms with Crippen molar-refractivity contribution in [2.45, 2.75) is 29.8 Å². The second kappa shape index (κ2) is 6.72. The molecule has 0 aromatic heterocycles. The van der Waals surface area contributed by atoms with Crippen LogP contribution < -0.4 is 0 Å². The van der Waals surface area contributed by atoms with Crippen LogP contribution in [0.2, 0.25) is 0 Å². The molecule has 3 rings (SSSR count). The van der Waals surface area contributed by atoms with Crippen molar-refractivity contribution in [2.75, 3.05) is 13.1 Å². The summed E-state index contributed by atoms with van der Waals surface area (Å²) in [7, 11) is -4.12. The maximum absolute atomic E-state index is 13.4. The predicted octanol–water partition coefficient (Wildman–Crippen LogP) is 1.39. The molecule has 2 N–H and O–H groups in total. The molecule has 1 aromatic rings. The van der Waals surface area contributed by atoms with E-state index in [1.807, 2.05) is 0 Å². The zero-order valence-corrected chi connectivity index (χ0v) is 14.3. The third-order valence-electron chi connectivity index (χ3n) is 4.54. The second-order valence-corrected chi connectivity index (χ2v) is 8.05. The van der Waals surface area contributed by atoms with Gasteiger partial charge < -0.3 is 15.8 Å². The molecule has 140 valence electrons. The van der Waals surface area contributed by atoms with Crippen molar-refractivity contribution in [3.8, 4) is 0 Å². The second-order valence-electron chi connectivity index (χ2n) is 6.21. The molecule has 26 heavy (non-hydrogen) atoms. The van der Waals surface area contributed by atoms with Crippen molar-refractivity contribution in [3.63, 3.8) is 0 Å². The predicted molar refractivity (Wildman–Crippen MR) is 89.3 cm³/mol. The van der Waals surface area contributed by atoms with Crippen molar-refractivity contribution in [1.82, 2.24) is 9.21 Å². The van der Waals surface area contributed by atoms with Crippen LogP contribution in [0.1, 0.15) is 12.8 Å². The largest absolute Gasteiger partial charge is 0.616 e. The first kappa shape index (κ1) is 18.4. The summed E-state index contributed by atoms with van der Waals surface area (Å²) in [6.45, 7) is 0.140. The SMILES string of the molecule is N=C(/C=N\[NH-])C(=O)N1CC2CCC(C1)N2S(=O)(=O)c1cc(F)cc(F)c1. The number of nitrogens with one attached hydrogen (secondary N) is 2. The number of amides is 1. The minimum Gasteiger partial charge on any atom is -0.616 e. The molecule has 0 spiro atoms. The lowest BCUT2D eigenvalue weighted by Gasteiger charge is -2.39. The van der Waals surface area contributed by atoms with E-state index in [0.29, 0.717) is 18.9 Å². The quantitative estimate of drug-likeness (QED) is 0.624. The van der Waals surface area contributed by atoms with Crippen molar-refractivity contribution in [1.29, 1.82) is 5.41 Å². The Hall–Kier alpha value is -2.40. The van der Waals surface area contributed by atoms with Gasteiger partial charge in [0, 0.05) is 37.5 Å². The minimum absolute atomic E-state index is 0.0700. The zero-order valence-electron chi connectivity index (χ0n) is 13.5. The van der Waals surface area contributed by atoms with E-state index >= 15 is 0 Å². The van der Waals surface area contributed by atoms with Gasteiger partial charge in [-0.15, -0.1) is 0 Å². The summed E-state index contributed by atoms with van der Waals surface area (Å²) < 4.78 is 53.8. The van der Waals surface area contributed by atoms with E-state index < -0.39 is 50.3 Å². The van der Waals surface area contributed by atoms with Gasteiger partial charge in [-0.3, -0.25) is 10.2 Å². The van der Waals surface area contributed by atoms with E-state index in [0.717, 1.165) is 18.3 Å². The Kier molecular flexibility index (Phi) is 4.76. The first-order chi connectivity index (χ1) is 12.2. The summed E-state index contributed by atoms with van der Waals surface area (Å²) in [4.78, 5) is 13.1. The van der Waals surface area contributed by atoms with Gasteiger partial charge in [-0.2, -0.15) is 4.31 Å². The molecule has 11 heteroatoms. The van der Waals surface area contributed by atoms with Crippen LogP contribution in [0.15, 0.2) is 28.2 Å². The maximum Gasteiger partial charge on any atom is 0.273 e. The summed E-state index contributed by atoms with van der Waals surface area (Å²) in [6.07, 6.45) is 1.82. The van der Waals surface area contributed by atoms with Crippen LogP contribution in [0.3, 0.4) is 0 Å². The van der Waals surface area contributed by atoms with E-state index in [2.05, 4.69) is 5.10 Å². The molecule has 2 atom stereocenters. The van der Waals surface area contributed by atoms with Crippen LogP contribution in [0.25, 0.3) is 5.84 Å². The Morgan fingerprint density at radius 2 is 1.73 bits per heavy atom. The molecule has 0 saturated carbocycles. The number of fused-ring (bicyclic) bond motifs is 2. The highest BCUT2D eigenvalue weighted by Gasteiger charge is 2.48. The van der Waals surface area contributed by atoms with Crippen LogP contribution >= 0.6 is 0 Å². The Bertz CT molecular complexity index is 855. The average molecular weight is 384 g/mol. The van der Waals surface area contributed by atoms with Crippen LogP contribution in [0, 0.1) is 17.0 Å². The van der Waals surface area contributed by atoms with Gasteiger partial charge in [0.05, 0.1) is 4.90 Å². The fourth-order valence-corrected chi connectivity index (χ4v) is 5.41. The first-order valence-corrected chi connectivity index (χ1v) is 9.25. The summed E-state index contributed by atoms with van der Waals surface area (Å²) in [5, 5.41) is 10.5. The van der Waals surface area contributed by atoms with Crippen LogP contribution in [-0.4, -0.2) is 60.6 Å². The van der Waals surface area contributed by atoms with Crippen molar-refractivity contribution >= 4 is 27.9 Å². The van der Waals surface area contributed by atoms with E-state index in [4.69, 9.17) is 11.3 Å². The van der Waals surface area contributed by atoms with Gasteiger partial charge in [-0.25, -0.2) is 17.2 Å². The van der Waals surface area contributed by atoms with Gasteiger partial charge in [-0.05, 0) is 25.0 Å². The van der Waals surface area contributed by atoms with Gasteiger partial charge in [0.1, 0.15) is 17.3 Å². The van der Waals surface area contributed by atoms with Gasteiger partial charge in [0.25, 0.3) is 5.91 Å². The standard InChI is InChI=1S/C15H16F2N5O3S/c16-9-3-10(17)5-13(4-9)26(24,25)22-11-1-2-12(22)8-21(7-11)15(23)14(18)6-20-19/h3-6,11-12H,1-2,7-8H2,(H2-,18,19)/q-1. The molecule has 2 aliphatic heterocycles. The number of hydrogen-bond donors (Lipinski definition) is 1. The highest BCUT2D eigenvalue weighted by atomic mass is 32.2. The number of carbonyl (C=O) groups excluding carboxylic acids is 1. The molecule has 2 saturated heterocycles. The van der Waals surface area contributed by atoms with E-state index in [9.17, 15) is 22.0 Å². The average Bonchev–Trinajstić information content (AvgIpc) is 2.85. The number of hydrogen-bond acceptors (Lipinski definition) is 5. The summed E-state index contributed by atoms with van der Waals surface area (Å²) in [6, 6.07) is 1.08. The van der Waals surface area contributed by atoms with Crippen LogP contribution in [0.4, 0.5) is 8.78 Å². The monoisotopic (exact) mass is 384 g/mol. The Morgan fingerprint density at radius 3 is 2.23 bits per heavy atom. The molecule has 2 unspecified atom stereocenters. The summed E-state index contributed by atoms with van der Waals surface area (Å²) >= 11 is 0. The van der Waals surface area contributed by atoms with Crippen LogP contribution in [0.5, 0.6) is 0 Å². The molecule has 0 aliphatic carbocycles. The fraction of sp³-hybridized carbons (Fsp3) is 0.400. The molecular formula is C15H16F2N5O3S-. The smallest absolute Gasteiger partial charge is 0.273 e. The molecule has 2 aliphatic rings. The van der Waals surface area contributed by atoms with Crippen molar-refractivity contribution in [3.05, 3.63) is 35.7 Å². The summed E-state index contributed by atoms with van der Waals surface area (Å²) in [5.41, 5.74) is -0.456. The lowest BCUT2D eigenvalue weighted by atomic mass is 10.2. The topological polar surface area (TPSA) is 118 Å². The first-order valence-electron chi connectivity index (χ1n) is 7.81. The van der Waals surface area contributed by atoms with Gasteiger partial charge in [-0.1, -0.05) is 0 Å². The molecular weight excluding hydrogens is 368 g/mol. The lowest BCUT2D eigenvalue weighted by Crippen LogP contribution is -2.58. The maximum atomic E-state index is 13.4. The number of carbonyl (C=O) groups is 1. The molecule has 2 heterocycles. The zero-order chi connectivity index (χ0) is 19.1. The molecule has 8 nitrogen and oxygen atoms in total. The van der Waals surface area contributed by atoms with Crippen molar-refractivity contribution in [2.24, 2.45) is 5.10 Å². The Morgan fingerprint density at radius 1 is 1.19 bits per heavy atom. The molecule has 0 radical (unpaired) electrons. The van der Waals surface area contributed by atoms with Crippen LogP contribution in [-0.2, 0) is 14.8 Å². The lowest BCUT2D eigenvalue weighted by molar-refractivity contribution is -0.126. The Balaban J connectivity index is 1.86. The third-order valence-corrected chi connectivity index (χ3v) is 6.52. The highest BCUT2D eigenvalue weighted by molar-refractivity contribution is 7.89. The van der Waals surface area contributed by atoms with E-state index in [1.54, 1.807) is 0 Å². The number of benzene rings is 1. The number of rotatable bonds is 4. The van der Waals surface area contributed by atoms with Crippen molar-refractivity contribution < 1.29 is 22.0 Å². The van der Waals surface area contributed by atoms with Gasteiger partial charge in [0.15, 0.2) is 0 Å². The normalized spacial score (nSPS) is 23.5.